The molecule has 0 saturated carbocycles. The highest BCUT2D eigenvalue weighted by Crippen LogP contribution is 2.32. The lowest BCUT2D eigenvalue weighted by atomic mass is 9.97. The standard InChI is InChI=1S/C32H56O16/c1-5-9-13-21(35)43-18-20-28(45-22(36)14-10-6-2)29(46-23(37)15-11-7-3)30(47-24(38)16-12-8-4)32(44-20)48-31(42)27(41)26(40)25(39)19(34)17-33/h19-20,25-34,39-42H,5-18H2,1-4H3/t19-,20-,25-,26+,27+,28-,29+,30+,31?,32-/m1/s1. The zero-order valence-electron chi connectivity index (χ0n) is 28.4. The second kappa shape index (κ2) is 23.8. The Kier molecular flexibility index (Phi) is 21.6. The highest BCUT2D eigenvalue weighted by molar-refractivity contribution is 5.72. The molecule has 10 atom stereocenters. The van der Waals surface area contributed by atoms with Gasteiger partial charge < -0.3 is 59.1 Å². The largest absolute Gasteiger partial charge is 0.463 e. The minimum absolute atomic E-state index is 0.0157. The van der Waals surface area contributed by atoms with Gasteiger partial charge in [0.2, 0.25) is 6.29 Å². The summed E-state index contributed by atoms with van der Waals surface area (Å²) in [6.07, 6.45) is -14.7. The molecule has 0 aromatic heterocycles. The Hall–Kier alpha value is -2.44. The molecule has 0 aromatic rings. The van der Waals surface area contributed by atoms with E-state index in [1.807, 2.05) is 27.7 Å². The Morgan fingerprint density at radius 1 is 0.604 bits per heavy atom. The third-order valence-electron chi connectivity index (χ3n) is 7.59. The molecule has 1 aliphatic rings. The van der Waals surface area contributed by atoms with Crippen molar-refractivity contribution in [3.8, 4) is 0 Å². The van der Waals surface area contributed by atoms with E-state index in [-0.39, 0.29) is 25.7 Å². The first-order valence-corrected chi connectivity index (χ1v) is 16.9. The minimum Gasteiger partial charge on any atom is -0.463 e. The highest BCUT2D eigenvalue weighted by atomic mass is 16.8. The molecule has 280 valence electrons. The molecule has 16 nitrogen and oxygen atoms in total. The van der Waals surface area contributed by atoms with Gasteiger partial charge >= 0.3 is 23.9 Å². The topological polar surface area (TPSA) is 245 Å². The smallest absolute Gasteiger partial charge is 0.306 e. The van der Waals surface area contributed by atoms with E-state index in [0.717, 1.165) is 0 Å². The van der Waals surface area contributed by atoms with Gasteiger partial charge in [0.25, 0.3) is 0 Å². The maximum Gasteiger partial charge on any atom is 0.306 e. The van der Waals surface area contributed by atoms with E-state index in [4.69, 9.17) is 33.5 Å². The van der Waals surface area contributed by atoms with Crippen molar-refractivity contribution in [1.82, 2.24) is 0 Å². The lowest BCUT2D eigenvalue weighted by molar-refractivity contribution is -0.349. The average Bonchev–Trinajstić information content (AvgIpc) is 3.07. The zero-order valence-corrected chi connectivity index (χ0v) is 28.4. The van der Waals surface area contributed by atoms with Crippen molar-refractivity contribution in [3.05, 3.63) is 0 Å². The van der Waals surface area contributed by atoms with Gasteiger partial charge in [0.15, 0.2) is 24.6 Å². The van der Waals surface area contributed by atoms with Gasteiger partial charge in [-0.2, -0.15) is 0 Å². The molecule has 1 heterocycles. The van der Waals surface area contributed by atoms with E-state index in [2.05, 4.69) is 0 Å². The van der Waals surface area contributed by atoms with Crippen molar-refractivity contribution in [2.45, 2.75) is 166 Å². The Morgan fingerprint density at radius 3 is 1.50 bits per heavy atom. The van der Waals surface area contributed by atoms with Gasteiger partial charge in [-0.05, 0) is 25.7 Å². The van der Waals surface area contributed by atoms with Gasteiger partial charge in [0.05, 0.1) is 6.61 Å². The van der Waals surface area contributed by atoms with E-state index in [1.54, 1.807) is 0 Å². The number of hydrogen-bond acceptors (Lipinski definition) is 16. The van der Waals surface area contributed by atoms with Gasteiger partial charge in [-0.15, -0.1) is 0 Å². The summed E-state index contributed by atoms with van der Waals surface area (Å²) in [6, 6.07) is 0. The van der Waals surface area contributed by atoms with Crippen molar-refractivity contribution < 1.29 is 78.2 Å². The van der Waals surface area contributed by atoms with Crippen LogP contribution in [0.1, 0.15) is 105 Å². The molecular weight excluding hydrogens is 640 g/mol. The molecule has 1 unspecified atom stereocenters. The molecule has 1 saturated heterocycles. The number of ether oxygens (including phenoxy) is 6. The summed E-state index contributed by atoms with van der Waals surface area (Å²) in [7, 11) is 0. The molecule has 0 spiro atoms. The molecule has 1 rings (SSSR count). The molecule has 6 N–H and O–H groups in total. The average molecular weight is 697 g/mol. The molecule has 1 fully saturated rings. The van der Waals surface area contributed by atoms with Crippen LogP contribution in [0, 0.1) is 0 Å². The lowest BCUT2D eigenvalue weighted by Crippen LogP contribution is -2.64. The number of carbonyl (C=O) groups is 4. The number of aliphatic hydroxyl groups excluding tert-OH is 6. The quantitative estimate of drug-likeness (QED) is 0.0458. The number of carbonyl (C=O) groups excluding carboxylic acids is 4. The monoisotopic (exact) mass is 696 g/mol. The summed E-state index contributed by atoms with van der Waals surface area (Å²) in [6.45, 7) is 5.90. The first-order valence-electron chi connectivity index (χ1n) is 16.9. The van der Waals surface area contributed by atoms with Crippen LogP contribution < -0.4 is 0 Å². The highest BCUT2D eigenvalue weighted by Gasteiger charge is 2.54. The van der Waals surface area contributed by atoms with Gasteiger partial charge in [-0.3, -0.25) is 19.2 Å². The number of aliphatic hydroxyl groups is 6. The van der Waals surface area contributed by atoms with Gasteiger partial charge in [-0.25, -0.2) is 0 Å². The SMILES string of the molecule is CCCCC(=O)OC[C@H]1O[C@H](OC(O)[C@@H](O)[C@@H](O)[C@H](O)[C@H](O)CO)[C@@H](OC(=O)CCCC)[C@@H](OC(=O)CCCC)[C@@H]1OC(=O)CCCC. The summed E-state index contributed by atoms with van der Waals surface area (Å²) in [5, 5.41) is 60.4. The Morgan fingerprint density at radius 2 is 1.04 bits per heavy atom. The maximum atomic E-state index is 13.0. The summed E-state index contributed by atoms with van der Waals surface area (Å²) in [5.74, 6) is -2.84. The van der Waals surface area contributed by atoms with Crippen molar-refractivity contribution in [3.63, 3.8) is 0 Å². The van der Waals surface area contributed by atoms with E-state index in [1.165, 1.54) is 0 Å². The summed E-state index contributed by atoms with van der Waals surface area (Å²) >= 11 is 0. The molecule has 1 aliphatic heterocycles. The first kappa shape index (κ1) is 43.6. The van der Waals surface area contributed by atoms with Gasteiger partial charge in [0.1, 0.15) is 37.1 Å². The van der Waals surface area contributed by atoms with Crippen molar-refractivity contribution >= 4 is 23.9 Å². The van der Waals surface area contributed by atoms with E-state index >= 15 is 0 Å². The zero-order chi connectivity index (χ0) is 36.2. The van der Waals surface area contributed by atoms with Gasteiger partial charge in [-0.1, -0.05) is 53.4 Å². The Labute approximate surface area is 281 Å². The Balaban J connectivity index is 3.61. The third kappa shape index (κ3) is 15.0. The second-order valence-corrected chi connectivity index (χ2v) is 11.8. The molecule has 16 heteroatoms. The summed E-state index contributed by atoms with van der Waals surface area (Å²) < 4.78 is 33.9. The summed E-state index contributed by atoms with van der Waals surface area (Å²) in [5.41, 5.74) is 0. The number of rotatable bonds is 24. The maximum absolute atomic E-state index is 13.0. The van der Waals surface area contributed by atoms with Crippen LogP contribution in [0.2, 0.25) is 0 Å². The fourth-order valence-electron chi connectivity index (χ4n) is 4.61. The molecule has 48 heavy (non-hydrogen) atoms. The predicted molar refractivity (Wildman–Crippen MR) is 166 cm³/mol. The molecule has 0 radical (unpaired) electrons. The van der Waals surface area contributed by atoms with Gasteiger partial charge in [0, 0.05) is 25.7 Å². The number of esters is 4. The molecule has 0 aromatic carbocycles. The van der Waals surface area contributed by atoms with Crippen LogP contribution >= 0.6 is 0 Å². The first-order chi connectivity index (χ1) is 22.8. The van der Waals surface area contributed by atoms with Crippen LogP contribution in [-0.2, 0) is 47.6 Å². The van der Waals surface area contributed by atoms with Crippen LogP contribution in [0.3, 0.4) is 0 Å². The molecule has 0 bridgehead atoms. The minimum atomic E-state index is -2.39. The fourth-order valence-corrected chi connectivity index (χ4v) is 4.61. The van der Waals surface area contributed by atoms with Crippen LogP contribution in [0.5, 0.6) is 0 Å². The van der Waals surface area contributed by atoms with Crippen LogP contribution in [-0.4, -0.2) is 129 Å². The van der Waals surface area contributed by atoms with Crippen molar-refractivity contribution in [2.75, 3.05) is 13.2 Å². The van der Waals surface area contributed by atoms with E-state index in [9.17, 15) is 44.7 Å². The van der Waals surface area contributed by atoms with Crippen molar-refractivity contribution in [2.24, 2.45) is 0 Å². The van der Waals surface area contributed by atoms with Crippen molar-refractivity contribution in [1.29, 1.82) is 0 Å². The fraction of sp³-hybridized carbons (Fsp3) is 0.875. The number of hydrogen-bond donors (Lipinski definition) is 6. The Bertz CT molecular complexity index is 947. The van der Waals surface area contributed by atoms with E-state index < -0.39 is 98.5 Å². The molecule has 0 amide bonds. The number of unbranched alkanes of at least 4 members (excludes halogenated alkanes) is 4. The lowest BCUT2D eigenvalue weighted by Gasteiger charge is -2.45. The normalized spacial score (nSPS) is 24.1. The van der Waals surface area contributed by atoms with E-state index in [0.29, 0.717) is 51.4 Å². The summed E-state index contributed by atoms with van der Waals surface area (Å²) in [4.78, 5) is 51.3. The second-order valence-electron chi connectivity index (χ2n) is 11.8. The van der Waals surface area contributed by atoms with Crippen LogP contribution in [0.15, 0.2) is 0 Å². The third-order valence-corrected chi connectivity index (χ3v) is 7.59. The predicted octanol–water partition coefficient (Wildman–Crippen LogP) is 0.522. The molecule has 0 aliphatic carbocycles. The van der Waals surface area contributed by atoms with Crippen LogP contribution in [0.4, 0.5) is 0 Å². The molecular formula is C32H56O16. The van der Waals surface area contributed by atoms with Crippen LogP contribution in [0.25, 0.3) is 0 Å².